The fourth-order valence-electron chi connectivity index (χ4n) is 5.78. The summed E-state index contributed by atoms with van der Waals surface area (Å²) in [6.45, 7) is 26.5. The Bertz CT molecular complexity index is 1660. The van der Waals surface area contributed by atoms with Crippen molar-refractivity contribution in [1.82, 2.24) is 20.3 Å². The summed E-state index contributed by atoms with van der Waals surface area (Å²) in [6, 6.07) is 0.0719. The number of aliphatic imine (C=N–C) groups is 1. The van der Waals surface area contributed by atoms with E-state index in [1.807, 2.05) is 25.3 Å². The van der Waals surface area contributed by atoms with Crippen LogP contribution in [0.4, 0.5) is 0 Å². The molecule has 248 valence electrons. The molecule has 47 heavy (non-hydrogen) atoms. The van der Waals surface area contributed by atoms with Gasteiger partial charge in [0.25, 0.3) is 0 Å². The Hall–Kier alpha value is -3.34. The van der Waals surface area contributed by atoms with E-state index in [1.165, 1.54) is 16.7 Å². The van der Waals surface area contributed by atoms with E-state index in [2.05, 4.69) is 107 Å². The van der Waals surface area contributed by atoms with Gasteiger partial charge in [-0.15, -0.1) is 17.1 Å². The van der Waals surface area contributed by atoms with Crippen LogP contribution in [0.1, 0.15) is 63.8 Å². The lowest BCUT2D eigenvalue weighted by atomic mass is 9.91. The van der Waals surface area contributed by atoms with Crippen LogP contribution in [0.25, 0.3) is 0 Å². The van der Waals surface area contributed by atoms with Crippen molar-refractivity contribution in [3.8, 4) is 0 Å². The quantitative estimate of drug-likeness (QED) is 0.134. The first-order valence-corrected chi connectivity index (χ1v) is 18.1. The maximum Gasteiger partial charge on any atom is 0.119 e. The number of hydrogen-bond acceptors (Lipinski definition) is 8. The first kappa shape index (κ1) is 36.5. The monoisotopic (exact) mass is 762 g/mol. The Morgan fingerprint density at radius 2 is 2.15 bits per heavy atom. The molecule has 3 heterocycles. The highest BCUT2D eigenvalue weighted by Gasteiger charge is 2.46. The van der Waals surface area contributed by atoms with Gasteiger partial charge in [-0.1, -0.05) is 60.9 Å². The van der Waals surface area contributed by atoms with Gasteiger partial charge in [-0.2, -0.15) is 0 Å². The number of rotatable bonds is 11. The average Bonchev–Trinajstić information content (AvgIpc) is 3.56. The lowest BCUT2D eigenvalue weighted by molar-refractivity contribution is 0.131. The van der Waals surface area contributed by atoms with Crippen LogP contribution < -0.4 is 5.43 Å². The van der Waals surface area contributed by atoms with Gasteiger partial charge in [-0.3, -0.25) is 4.90 Å². The largest absolute Gasteiger partial charge is 0.497 e. The van der Waals surface area contributed by atoms with E-state index in [0.29, 0.717) is 34.9 Å². The molecule has 1 saturated heterocycles. The van der Waals surface area contributed by atoms with E-state index in [9.17, 15) is 0 Å². The number of hydrazine groups is 1. The fraction of sp³-hybridized carbons (Fsp3) is 0.368. The Labute approximate surface area is 298 Å². The SMILES string of the molecule is C=C\C=C1/N=C(C=C)\C(C=N)=C(\C)OCC[C@H](C)N2NC(C)(c3ncc(CN(CCC)CC/C(C)=C\I)s3)C3=CC=C=C(C=C32)C1=C. The van der Waals surface area contributed by atoms with Crippen molar-refractivity contribution < 1.29 is 4.74 Å². The highest BCUT2D eigenvalue weighted by atomic mass is 127. The van der Waals surface area contributed by atoms with Gasteiger partial charge in [-0.05, 0) is 81.5 Å². The number of halogens is 1. The van der Waals surface area contributed by atoms with Gasteiger partial charge in [0, 0.05) is 59.6 Å². The van der Waals surface area contributed by atoms with E-state index in [0.717, 1.165) is 60.7 Å². The third kappa shape index (κ3) is 8.39. The summed E-state index contributed by atoms with van der Waals surface area (Å²) in [7, 11) is 0. The minimum absolute atomic E-state index is 0.0719. The van der Waals surface area contributed by atoms with E-state index in [1.54, 1.807) is 23.5 Å². The number of ether oxygens (including phenoxy) is 1. The second-order valence-electron chi connectivity index (χ2n) is 12.1. The van der Waals surface area contributed by atoms with Crippen molar-refractivity contribution in [2.75, 3.05) is 19.7 Å². The van der Waals surface area contributed by atoms with Crippen LogP contribution in [0.2, 0.25) is 0 Å². The van der Waals surface area contributed by atoms with Crippen LogP contribution in [-0.2, 0) is 16.8 Å². The van der Waals surface area contributed by atoms with Crippen molar-refractivity contribution in [3.63, 3.8) is 0 Å². The number of hydrogen-bond donors (Lipinski definition) is 2. The minimum Gasteiger partial charge on any atom is -0.497 e. The standard InChI is InChI=1S/C38H47IN6OS/c1-9-13-35-28(6)30-14-12-15-33-36(21-30)45(27(5)17-20-46-29(7)32(23-40)34(11-3)42-35)43-38(33,8)37-41-24-31(47-37)25-44(18-10-2)19-16-26(4)22-39/h9,11-13,15,21-24,27,40,43H,1,3,6,10,16-20,25H2,2,4-5,7-8H3/b26-22-,32-29-,35-13-,40-23?,42-34-/t27-,38?/m0/s1. The van der Waals surface area contributed by atoms with E-state index < -0.39 is 5.54 Å². The summed E-state index contributed by atoms with van der Waals surface area (Å²) in [5.41, 5.74) is 13.5. The Morgan fingerprint density at radius 1 is 1.36 bits per heavy atom. The maximum absolute atomic E-state index is 8.11. The molecule has 4 rings (SSSR count). The lowest BCUT2D eigenvalue weighted by Gasteiger charge is -2.30. The molecule has 1 fully saturated rings. The fourth-order valence-corrected chi connectivity index (χ4v) is 7.16. The first-order chi connectivity index (χ1) is 22.6. The van der Waals surface area contributed by atoms with Crippen molar-refractivity contribution in [3.05, 3.63) is 127 Å². The molecule has 1 unspecified atom stereocenters. The van der Waals surface area contributed by atoms with Gasteiger partial charge in [-0.25, -0.2) is 15.4 Å². The summed E-state index contributed by atoms with van der Waals surface area (Å²) in [6.07, 6.45) is 17.6. The number of aromatic nitrogens is 1. The second kappa shape index (κ2) is 16.7. The van der Waals surface area contributed by atoms with Gasteiger partial charge >= 0.3 is 0 Å². The topological polar surface area (TPSA) is 76.8 Å². The van der Waals surface area contributed by atoms with Crippen LogP contribution in [-0.4, -0.2) is 52.6 Å². The molecule has 1 aromatic heterocycles. The van der Waals surface area contributed by atoms with Crippen molar-refractivity contribution in [2.24, 2.45) is 4.99 Å². The molecule has 9 heteroatoms. The molecule has 2 atom stereocenters. The summed E-state index contributed by atoms with van der Waals surface area (Å²) >= 11 is 4.10. The molecule has 2 N–H and O–H groups in total. The van der Waals surface area contributed by atoms with Crippen molar-refractivity contribution in [2.45, 2.75) is 72.0 Å². The molecule has 1 aromatic rings. The molecule has 2 aliphatic heterocycles. The number of allylic oxidation sites excluding steroid dienone is 8. The third-order valence-electron chi connectivity index (χ3n) is 8.54. The van der Waals surface area contributed by atoms with Crippen LogP contribution in [0.3, 0.4) is 0 Å². The van der Waals surface area contributed by atoms with E-state index in [4.69, 9.17) is 20.1 Å². The number of fused-ring (bicyclic) bond motifs is 1. The predicted octanol–water partition coefficient (Wildman–Crippen LogP) is 9.01. The third-order valence-corrected chi connectivity index (χ3v) is 10.8. The summed E-state index contributed by atoms with van der Waals surface area (Å²) in [5.74, 6) is 0.620. The van der Waals surface area contributed by atoms with Gasteiger partial charge in [0.1, 0.15) is 16.3 Å². The molecule has 3 aliphatic rings. The molecule has 0 amide bonds. The van der Waals surface area contributed by atoms with Gasteiger partial charge in [0.15, 0.2) is 0 Å². The number of nitrogens with zero attached hydrogens (tertiary/aromatic N) is 4. The maximum atomic E-state index is 8.11. The van der Waals surface area contributed by atoms with Crippen LogP contribution in [0.15, 0.2) is 122 Å². The summed E-state index contributed by atoms with van der Waals surface area (Å²) in [5, 5.41) is 11.4. The molecule has 2 bridgehead atoms. The normalized spacial score (nSPS) is 25.7. The number of nitrogens with one attached hydrogen (secondary N) is 2. The Kier molecular flexibility index (Phi) is 12.9. The summed E-state index contributed by atoms with van der Waals surface area (Å²) < 4.78 is 8.37. The zero-order chi connectivity index (χ0) is 34.1. The summed E-state index contributed by atoms with van der Waals surface area (Å²) in [4.78, 5) is 13.7. The molecular weight excluding hydrogens is 715 g/mol. The van der Waals surface area contributed by atoms with Crippen LogP contribution in [0, 0.1) is 5.41 Å². The first-order valence-electron chi connectivity index (χ1n) is 16.1. The highest BCUT2D eigenvalue weighted by molar-refractivity contribution is 14.1. The average molecular weight is 763 g/mol. The molecule has 7 nitrogen and oxygen atoms in total. The zero-order valence-electron chi connectivity index (χ0n) is 28.3. The lowest BCUT2D eigenvalue weighted by Crippen LogP contribution is -2.46. The molecule has 0 saturated carbocycles. The highest BCUT2D eigenvalue weighted by Crippen LogP contribution is 2.45. The van der Waals surface area contributed by atoms with Gasteiger partial charge in [0.05, 0.1) is 29.3 Å². The molecule has 0 radical (unpaired) electrons. The molecule has 1 aliphatic carbocycles. The molecular formula is C38H47IN6OS. The molecule has 0 spiro atoms. The van der Waals surface area contributed by atoms with E-state index >= 15 is 0 Å². The van der Waals surface area contributed by atoms with E-state index in [-0.39, 0.29) is 6.04 Å². The second-order valence-corrected chi connectivity index (χ2v) is 13.9. The zero-order valence-corrected chi connectivity index (χ0v) is 31.3. The minimum atomic E-state index is -0.556. The predicted molar refractivity (Wildman–Crippen MR) is 207 cm³/mol. The Morgan fingerprint density at radius 3 is 2.83 bits per heavy atom. The van der Waals surface area contributed by atoms with Crippen molar-refractivity contribution >= 4 is 45.9 Å². The van der Waals surface area contributed by atoms with Gasteiger partial charge < -0.3 is 15.2 Å². The Balaban J connectivity index is 1.75. The number of thiazole rings is 1. The van der Waals surface area contributed by atoms with Crippen LogP contribution in [0.5, 0.6) is 0 Å². The van der Waals surface area contributed by atoms with Gasteiger partial charge in [0.2, 0.25) is 0 Å². The van der Waals surface area contributed by atoms with Crippen LogP contribution >= 0.6 is 33.9 Å². The van der Waals surface area contributed by atoms with Crippen molar-refractivity contribution in [1.29, 1.82) is 5.41 Å². The molecule has 0 aromatic carbocycles. The smallest absolute Gasteiger partial charge is 0.119 e.